The summed E-state index contributed by atoms with van der Waals surface area (Å²) >= 11 is 5.89. The lowest BCUT2D eigenvalue weighted by Crippen LogP contribution is -2.52. The molecule has 1 heterocycles. The molecule has 8 heteroatoms. The van der Waals surface area contributed by atoms with Gasteiger partial charge in [0.15, 0.2) is 11.5 Å². The van der Waals surface area contributed by atoms with Gasteiger partial charge in [-0.2, -0.15) is 0 Å². The van der Waals surface area contributed by atoms with Gasteiger partial charge in [-0.05, 0) is 30.7 Å². The van der Waals surface area contributed by atoms with Gasteiger partial charge in [-0.25, -0.2) is 4.79 Å². The Morgan fingerprint density at radius 1 is 1.36 bits per heavy atom. The van der Waals surface area contributed by atoms with Crippen molar-refractivity contribution in [3.05, 3.63) is 28.3 Å². The van der Waals surface area contributed by atoms with Crippen molar-refractivity contribution in [2.24, 2.45) is 0 Å². The predicted molar refractivity (Wildman–Crippen MR) is 78.6 cm³/mol. The number of ether oxygens (including phenoxy) is 1. The summed E-state index contributed by atoms with van der Waals surface area (Å²) in [5, 5.41) is 11.8. The molecule has 2 rings (SSSR count). The van der Waals surface area contributed by atoms with Crippen molar-refractivity contribution < 1.29 is 24.2 Å². The number of phenolic OH excluding ortho intramolecular Hbond substituents is 1. The molecule has 116 valence electrons. The van der Waals surface area contributed by atoms with E-state index in [4.69, 9.17) is 16.3 Å². The van der Waals surface area contributed by atoms with E-state index in [1.165, 1.54) is 25.3 Å². The molecule has 1 aliphatic rings. The van der Waals surface area contributed by atoms with Gasteiger partial charge in [0.2, 0.25) is 0 Å². The lowest BCUT2D eigenvalue weighted by atomic mass is 10.1. The first-order chi connectivity index (χ1) is 10.3. The van der Waals surface area contributed by atoms with Crippen molar-refractivity contribution >= 4 is 35.5 Å². The molecule has 7 nitrogen and oxygen atoms in total. The second kappa shape index (κ2) is 6.07. The number of carbonyl (C=O) groups is 3. The molecular weight excluding hydrogens is 312 g/mol. The number of barbiturate groups is 1. The number of imide groups is 2. The van der Waals surface area contributed by atoms with E-state index in [0.29, 0.717) is 12.2 Å². The SMILES string of the molecule is CCOc1cc(/C=C2\C(=O)NC(=O)N(C)C2=O)cc(Cl)c1O. The van der Waals surface area contributed by atoms with Gasteiger partial charge in [-0.1, -0.05) is 11.6 Å². The number of aromatic hydroxyl groups is 1. The molecule has 1 aromatic rings. The van der Waals surface area contributed by atoms with Gasteiger partial charge in [0.1, 0.15) is 5.57 Å². The van der Waals surface area contributed by atoms with Crippen molar-refractivity contribution in [1.29, 1.82) is 0 Å². The Kier molecular flexibility index (Phi) is 4.37. The molecule has 2 N–H and O–H groups in total. The molecule has 4 amide bonds. The first-order valence-electron chi connectivity index (χ1n) is 6.35. The fraction of sp³-hybridized carbons (Fsp3) is 0.214. The third-order valence-corrected chi connectivity index (χ3v) is 3.25. The van der Waals surface area contributed by atoms with Crippen LogP contribution in [0.15, 0.2) is 17.7 Å². The minimum atomic E-state index is -0.796. The molecule has 0 atom stereocenters. The van der Waals surface area contributed by atoms with Gasteiger partial charge < -0.3 is 9.84 Å². The van der Waals surface area contributed by atoms with E-state index in [-0.39, 0.29) is 22.1 Å². The largest absolute Gasteiger partial charge is 0.503 e. The first kappa shape index (κ1) is 15.8. The Bertz CT molecular complexity index is 699. The van der Waals surface area contributed by atoms with Gasteiger partial charge in [0.25, 0.3) is 11.8 Å². The van der Waals surface area contributed by atoms with E-state index >= 15 is 0 Å². The van der Waals surface area contributed by atoms with E-state index < -0.39 is 17.8 Å². The van der Waals surface area contributed by atoms with Crippen LogP contribution < -0.4 is 10.1 Å². The summed E-state index contributed by atoms with van der Waals surface area (Å²) in [4.78, 5) is 35.9. The molecule has 0 bridgehead atoms. The normalized spacial score (nSPS) is 17.0. The van der Waals surface area contributed by atoms with Crippen LogP contribution in [0.5, 0.6) is 11.5 Å². The predicted octanol–water partition coefficient (Wildman–Crippen LogP) is 1.54. The summed E-state index contributed by atoms with van der Waals surface area (Å²) in [7, 11) is 1.26. The van der Waals surface area contributed by atoms with Gasteiger partial charge in [-0.15, -0.1) is 0 Å². The number of rotatable bonds is 3. The zero-order valence-corrected chi connectivity index (χ0v) is 12.6. The van der Waals surface area contributed by atoms with Crippen LogP contribution in [0, 0.1) is 0 Å². The number of carbonyl (C=O) groups excluding carboxylic acids is 3. The number of amides is 4. The fourth-order valence-corrected chi connectivity index (χ4v) is 2.07. The molecule has 0 unspecified atom stereocenters. The highest BCUT2D eigenvalue weighted by Gasteiger charge is 2.33. The van der Waals surface area contributed by atoms with Crippen LogP contribution in [0.25, 0.3) is 6.08 Å². The van der Waals surface area contributed by atoms with Crippen LogP contribution >= 0.6 is 11.6 Å². The topological polar surface area (TPSA) is 95.9 Å². The number of likely N-dealkylation sites (N-methyl/N-ethyl adjacent to an activating group) is 1. The lowest BCUT2D eigenvalue weighted by molar-refractivity contribution is -0.129. The Labute approximate surface area is 131 Å². The second-order valence-corrected chi connectivity index (χ2v) is 4.87. The molecule has 1 aromatic carbocycles. The van der Waals surface area contributed by atoms with E-state index in [1.807, 2.05) is 5.32 Å². The average molecular weight is 325 g/mol. The van der Waals surface area contributed by atoms with Gasteiger partial charge in [0, 0.05) is 7.05 Å². The highest BCUT2D eigenvalue weighted by atomic mass is 35.5. The van der Waals surface area contributed by atoms with Crippen molar-refractivity contribution in [2.75, 3.05) is 13.7 Å². The maximum Gasteiger partial charge on any atom is 0.331 e. The summed E-state index contributed by atoms with van der Waals surface area (Å²) in [5.41, 5.74) is 0.166. The minimum absolute atomic E-state index is 0.0193. The first-order valence-corrected chi connectivity index (χ1v) is 6.73. The molecule has 1 aliphatic heterocycles. The minimum Gasteiger partial charge on any atom is -0.503 e. The monoisotopic (exact) mass is 324 g/mol. The fourth-order valence-electron chi connectivity index (χ4n) is 1.85. The smallest absolute Gasteiger partial charge is 0.331 e. The van der Waals surface area contributed by atoms with Gasteiger partial charge in [0.05, 0.1) is 11.6 Å². The maximum atomic E-state index is 12.0. The Morgan fingerprint density at radius 3 is 2.68 bits per heavy atom. The number of benzene rings is 1. The van der Waals surface area contributed by atoms with Crippen LogP contribution in [-0.4, -0.2) is 41.5 Å². The van der Waals surface area contributed by atoms with Crippen molar-refractivity contribution in [3.63, 3.8) is 0 Å². The summed E-state index contributed by atoms with van der Waals surface area (Å²) in [6.07, 6.45) is 1.27. The molecule has 0 saturated carbocycles. The van der Waals surface area contributed by atoms with E-state index in [0.717, 1.165) is 4.90 Å². The maximum absolute atomic E-state index is 12.0. The summed E-state index contributed by atoms with van der Waals surface area (Å²) in [5.74, 6) is -1.61. The molecule has 0 aliphatic carbocycles. The third kappa shape index (κ3) is 2.89. The van der Waals surface area contributed by atoms with Crippen molar-refractivity contribution in [3.8, 4) is 11.5 Å². The second-order valence-electron chi connectivity index (χ2n) is 4.46. The zero-order valence-electron chi connectivity index (χ0n) is 11.8. The van der Waals surface area contributed by atoms with Crippen molar-refractivity contribution in [2.45, 2.75) is 6.92 Å². The van der Waals surface area contributed by atoms with Crippen molar-refractivity contribution in [1.82, 2.24) is 10.2 Å². The van der Waals surface area contributed by atoms with Crippen LogP contribution in [-0.2, 0) is 9.59 Å². The number of hydrogen-bond acceptors (Lipinski definition) is 5. The number of nitrogens with one attached hydrogen (secondary N) is 1. The van der Waals surface area contributed by atoms with Crippen LogP contribution in [0.1, 0.15) is 12.5 Å². The van der Waals surface area contributed by atoms with E-state index in [2.05, 4.69) is 0 Å². The Hall–Kier alpha value is -2.54. The molecule has 0 spiro atoms. The molecular formula is C14H13ClN2O5. The summed E-state index contributed by atoms with van der Waals surface area (Å²) < 4.78 is 5.23. The Balaban J connectivity index is 2.46. The zero-order chi connectivity index (χ0) is 16.4. The number of urea groups is 1. The highest BCUT2D eigenvalue weighted by molar-refractivity contribution is 6.33. The van der Waals surface area contributed by atoms with Crippen LogP contribution in [0.4, 0.5) is 4.79 Å². The number of phenols is 1. The summed E-state index contributed by atoms with van der Waals surface area (Å²) in [6.45, 7) is 2.04. The Morgan fingerprint density at radius 2 is 2.05 bits per heavy atom. The number of halogens is 1. The number of hydrogen-bond donors (Lipinski definition) is 2. The molecule has 1 fully saturated rings. The third-order valence-electron chi connectivity index (χ3n) is 2.97. The van der Waals surface area contributed by atoms with E-state index in [9.17, 15) is 19.5 Å². The molecule has 0 aromatic heterocycles. The lowest BCUT2D eigenvalue weighted by Gasteiger charge is -2.22. The quantitative estimate of drug-likeness (QED) is 0.649. The van der Waals surface area contributed by atoms with E-state index in [1.54, 1.807) is 6.92 Å². The summed E-state index contributed by atoms with van der Waals surface area (Å²) in [6, 6.07) is 2.03. The molecule has 0 radical (unpaired) electrons. The molecule has 1 saturated heterocycles. The molecule has 22 heavy (non-hydrogen) atoms. The van der Waals surface area contributed by atoms with Crippen LogP contribution in [0.2, 0.25) is 5.02 Å². The number of nitrogens with zero attached hydrogens (tertiary/aromatic N) is 1. The highest BCUT2D eigenvalue weighted by Crippen LogP contribution is 2.36. The average Bonchev–Trinajstić information content (AvgIpc) is 2.46. The van der Waals surface area contributed by atoms with Gasteiger partial charge >= 0.3 is 6.03 Å². The van der Waals surface area contributed by atoms with Gasteiger partial charge in [-0.3, -0.25) is 19.8 Å². The standard InChI is InChI=1S/C14H13ClN2O5/c1-3-22-10-6-7(5-9(15)11(10)18)4-8-12(19)16-14(21)17(2)13(8)20/h4-6,18H,3H2,1-2H3,(H,16,19,21)/b8-4+. The van der Waals surface area contributed by atoms with Crippen LogP contribution in [0.3, 0.4) is 0 Å².